The molecule has 0 spiro atoms. The van der Waals surface area contributed by atoms with E-state index < -0.39 is 0 Å². The zero-order valence-electron chi connectivity index (χ0n) is 9.55. The molecule has 2 rings (SSSR count). The van der Waals surface area contributed by atoms with Crippen LogP contribution < -0.4 is 5.32 Å². The Kier molecular flexibility index (Phi) is 3.39. The van der Waals surface area contributed by atoms with Crippen LogP contribution >= 0.6 is 0 Å². The molecule has 82 valence electrons. The van der Waals surface area contributed by atoms with Crippen molar-refractivity contribution < 1.29 is 4.74 Å². The van der Waals surface area contributed by atoms with Gasteiger partial charge in [-0.1, -0.05) is 23.8 Å². The summed E-state index contributed by atoms with van der Waals surface area (Å²) in [6.45, 7) is 7.00. The molecule has 1 heterocycles. The summed E-state index contributed by atoms with van der Waals surface area (Å²) >= 11 is 0. The lowest BCUT2D eigenvalue weighted by Crippen LogP contribution is -2.42. The van der Waals surface area contributed by atoms with Crippen LogP contribution in [0.2, 0.25) is 0 Å². The van der Waals surface area contributed by atoms with Crippen molar-refractivity contribution in [1.82, 2.24) is 5.32 Å². The van der Waals surface area contributed by atoms with Crippen LogP contribution in [0.4, 0.5) is 0 Å². The number of nitrogens with one attached hydrogen (secondary N) is 1. The number of aryl methyl sites for hydroxylation is 2. The average Bonchev–Trinajstić information content (AvgIpc) is 2.24. The number of ether oxygens (including phenoxy) is 1. The van der Waals surface area contributed by atoms with Crippen LogP contribution in [0.1, 0.15) is 16.7 Å². The molecule has 1 atom stereocenters. The fourth-order valence-electron chi connectivity index (χ4n) is 2.09. The number of morpholine rings is 1. The number of benzene rings is 1. The molecule has 15 heavy (non-hydrogen) atoms. The molecule has 2 heteroatoms. The van der Waals surface area contributed by atoms with Crippen molar-refractivity contribution in [2.75, 3.05) is 19.8 Å². The summed E-state index contributed by atoms with van der Waals surface area (Å²) < 4.78 is 5.46. The third-order valence-corrected chi connectivity index (χ3v) is 2.96. The quantitative estimate of drug-likeness (QED) is 0.795. The molecule has 2 nitrogen and oxygen atoms in total. The molecule has 1 fully saturated rings. The SMILES string of the molecule is Cc1ccc(CC2COCCN2)c(C)c1. The lowest BCUT2D eigenvalue weighted by molar-refractivity contribution is 0.0770. The minimum Gasteiger partial charge on any atom is -0.379 e. The zero-order chi connectivity index (χ0) is 10.7. The van der Waals surface area contributed by atoms with Crippen LogP contribution in [0, 0.1) is 13.8 Å². The smallest absolute Gasteiger partial charge is 0.0623 e. The van der Waals surface area contributed by atoms with Gasteiger partial charge in [-0.3, -0.25) is 0 Å². The Hall–Kier alpha value is -0.860. The summed E-state index contributed by atoms with van der Waals surface area (Å²) in [6, 6.07) is 7.16. The van der Waals surface area contributed by atoms with Crippen molar-refractivity contribution in [2.24, 2.45) is 0 Å². The molecular formula is C13H19NO. The summed E-state index contributed by atoms with van der Waals surface area (Å²) in [4.78, 5) is 0. The fourth-order valence-corrected chi connectivity index (χ4v) is 2.09. The molecule has 1 aliphatic heterocycles. The predicted molar refractivity (Wildman–Crippen MR) is 62.2 cm³/mol. The van der Waals surface area contributed by atoms with Crippen molar-refractivity contribution in [3.63, 3.8) is 0 Å². The number of hydrogen-bond acceptors (Lipinski definition) is 2. The first kappa shape index (κ1) is 10.7. The minimum atomic E-state index is 0.486. The van der Waals surface area contributed by atoms with Gasteiger partial charge in [0.2, 0.25) is 0 Å². The molecule has 1 aromatic carbocycles. The van der Waals surface area contributed by atoms with Gasteiger partial charge in [0.1, 0.15) is 0 Å². The lowest BCUT2D eigenvalue weighted by atomic mass is 9.99. The lowest BCUT2D eigenvalue weighted by Gasteiger charge is -2.24. The largest absolute Gasteiger partial charge is 0.379 e. The van der Waals surface area contributed by atoms with Gasteiger partial charge in [-0.2, -0.15) is 0 Å². The van der Waals surface area contributed by atoms with E-state index >= 15 is 0 Å². The Balaban J connectivity index is 2.03. The molecule has 1 saturated heterocycles. The van der Waals surface area contributed by atoms with E-state index in [-0.39, 0.29) is 0 Å². The van der Waals surface area contributed by atoms with Crippen LogP contribution in [-0.4, -0.2) is 25.8 Å². The maximum atomic E-state index is 5.46. The Morgan fingerprint density at radius 3 is 2.93 bits per heavy atom. The molecule has 1 N–H and O–H groups in total. The first-order chi connectivity index (χ1) is 7.25. The molecule has 0 bridgehead atoms. The van der Waals surface area contributed by atoms with Crippen LogP contribution in [0.5, 0.6) is 0 Å². The third kappa shape index (κ3) is 2.80. The van der Waals surface area contributed by atoms with Crippen molar-refractivity contribution in [3.05, 3.63) is 34.9 Å². The fraction of sp³-hybridized carbons (Fsp3) is 0.538. The van der Waals surface area contributed by atoms with E-state index in [9.17, 15) is 0 Å². The van der Waals surface area contributed by atoms with E-state index in [4.69, 9.17) is 4.74 Å². The van der Waals surface area contributed by atoms with Crippen molar-refractivity contribution in [2.45, 2.75) is 26.3 Å². The van der Waals surface area contributed by atoms with Crippen molar-refractivity contribution in [1.29, 1.82) is 0 Å². The first-order valence-corrected chi connectivity index (χ1v) is 5.63. The standard InChI is InChI=1S/C13H19NO/c1-10-3-4-12(11(2)7-10)8-13-9-15-6-5-14-13/h3-4,7,13-14H,5-6,8-9H2,1-2H3. The minimum absolute atomic E-state index is 0.486. The predicted octanol–water partition coefficient (Wildman–Crippen LogP) is 1.83. The van der Waals surface area contributed by atoms with E-state index in [0.29, 0.717) is 6.04 Å². The summed E-state index contributed by atoms with van der Waals surface area (Å²) in [5.74, 6) is 0. The van der Waals surface area contributed by atoms with Crippen LogP contribution in [0.25, 0.3) is 0 Å². The highest BCUT2D eigenvalue weighted by Crippen LogP contribution is 2.13. The topological polar surface area (TPSA) is 21.3 Å². The number of hydrogen-bond donors (Lipinski definition) is 1. The zero-order valence-corrected chi connectivity index (χ0v) is 9.55. The second kappa shape index (κ2) is 4.77. The van der Waals surface area contributed by atoms with E-state index in [1.165, 1.54) is 16.7 Å². The Morgan fingerprint density at radius 2 is 2.27 bits per heavy atom. The highest BCUT2D eigenvalue weighted by Gasteiger charge is 2.14. The maximum Gasteiger partial charge on any atom is 0.0623 e. The molecule has 0 radical (unpaired) electrons. The molecule has 0 aromatic heterocycles. The highest BCUT2D eigenvalue weighted by atomic mass is 16.5. The monoisotopic (exact) mass is 205 g/mol. The normalized spacial score (nSPS) is 21.6. The summed E-state index contributed by atoms with van der Waals surface area (Å²) in [6.07, 6.45) is 1.08. The van der Waals surface area contributed by atoms with Gasteiger partial charge in [0.15, 0.2) is 0 Å². The summed E-state index contributed by atoms with van der Waals surface area (Å²) in [7, 11) is 0. The van der Waals surface area contributed by atoms with Crippen molar-refractivity contribution in [3.8, 4) is 0 Å². The Bertz CT molecular complexity index is 329. The van der Waals surface area contributed by atoms with Gasteiger partial charge in [0, 0.05) is 12.6 Å². The Labute approximate surface area is 91.6 Å². The summed E-state index contributed by atoms with van der Waals surface area (Å²) in [5.41, 5.74) is 4.16. The molecule has 1 aliphatic rings. The number of rotatable bonds is 2. The van der Waals surface area contributed by atoms with Gasteiger partial charge in [-0.15, -0.1) is 0 Å². The second-order valence-electron chi connectivity index (χ2n) is 4.36. The van der Waals surface area contributed by atoms with Crippen LogP contribution in [0.3, 0.4) is 0 Å². The van der Waals surface area contributed by atoms with Gasteiger partial charge < -0.3 is 10.1 Å². The van der Waals surface area contributed by atoms with Gasteiger partial charge in [-0.25, -0.2) is 0 Å². The molecule has 1 aromatic rings. The van der Waals surface area contributed by atoms with Gasteiger partial charge in [0.05, 0.1) is 13.2 Å². The maximum absolute atomic E-state index is 5.46. The van der Waals surface area contributed by atoms with Gasteiger partial charge >= 0.3 is 0 Å². The van der Waals surface area contributed by atoms with E-state index in [2.05, 4.69) is 37.4 Å². The van der Waals surface area contributed by atoms with E-state index in [0.717, 1.165) is 26.2 Å². The van der Waals surface area contributed by atoms with Gasteiger partial charge in [-0.05, 0) is 31.4 Å². The van der Waals surface area contributed by atoms with Crippen LogP contribution in [-0.2, 0) is 11.2 Å². The van der Waals surface area contributed by atoms with Crippen molar-refractivity contribution >= 4 is 0 Å². The summed E-state index contributed by atoms with van der Waals surface area (Å²) in [5, 5.41) is 3.48. The second-order valence-corrected chi connectivity index (χ2v) is 4.36. The average molecular weight is 205 g/mol. The molecule has 0 saturated carbocycles. The van der Waals surface area contributed by atoms with Gasteiger partial charge in [0.25, 0.3) is 0 Å². The Morgan fingerprint density at radius 1 is 1.40 bits per heavy atom. The van der Waals surface area contributed by atoms with E-state index in [1.54, 1.807) is 0 Å². The van der Waals surface area contributed by atoms with Crippen LogP contribution in [0.15, 0.2) is 18.2 Å². The molecule has 0 aliphatic carbocycles. The molecule has 1 unspecified atom stereocenters. The molecule has 0 amide bonds. The first-order valence-electron chi connectivity index (χ1n) is 5.63. The third-order valence-electron chi connectivity index (χ3n) is 2.96. The molecular weight excluding hydrogens is 186 g/mol. The van der Waals surface area contributed by atoms with E-state index in [1.807, 2.05) is 0 Å². The highest BCUT2D eigenvalue weighted by molar-refractivity contribution is 5.31.